The minimum atomic E-state index is -0.657. The van der Waals surface area contributed by atoms with Crippen LogP contribution in [0.4, 0.5) is 0 Å². The molecule has 2 aromatic carbocycles. The molecule has 4 rings (SSSR count). The van der Waals surface area contributed by atoms with Crippen LogP contribution in [0, 0.1) is 0 Å². The third kappa shape index (κ3) is 4.45. The molecule has 2 aliphatic rings. The maximum Gasteiger partial charge on any atom is 0.190 e. The summed E-state index contributed by atoms with van der Waals surface area (Å²) < 4.78 is 24.6. The van der Waals surface area contributed by atoms with E-state index in [0.717, 1.165) is 12.1 Å². The fraction of sp³-hybridized carbons (Fsp3) is 0.478. The predicted molar refractivity (Wildman–Crippen MR) is 106 cm³/mol. The first kappa shape index (κ1) is 19.6. The molecule has 0 saturated carbocycles. The molecule has 28 heavy (non-hydrogen) atoms. The van der Waals surface area contributed by atoms with Crippen LogP contribution in [-0.4, -0.2) is 36.4 Å². The van der Waals surface area contributed by atoms with Gasteiger partial charge in [0, 0.05) is 12.6 Å². The number of hydrogen-bond acceptors (Lipinski definition) is 5. The highest BCUT2D eigenvalue weighted by Crippen LogP contribution is 2.40. The number of rotatable bonds is 7. The van der Waals surface area contributed by atoms with Gasteiger partial charge in [-0.2, -0.15) is 0 Å². The Kier molecular flexibility index (Phi) is 5.80. The van der Waals surface area contributed by atoms with Crippen LogP contribution in [0.25, 0.3) is 0 Å². The van der Waals surface area contributed by atoms with Crippen molar-refractivity contribution in [2.24, 2.45) is 0 Å². The SMILES string of the molecule is C[C@H](NCc1ccccc1)[C@@H]1O[C@H]2OC(C)(C)O[C@H]2[C@@H]1OCc1ccccc1. The van der Waals surface area contributed by atoms with Gasteiger partial charge >= 0.3 is 0 Å². The number of benzene rings is 2. The van der Waals surface area contributed by atoms with Crippen molar-refractivity contribution >= 4 is 0 Å². The summed E-state index contributed by atoms with van der Waals surface area (Å²) in [7, 11) is 0. The first-order chi connectivity index (χ1) is 13.5. The van der Waals surface area contributed by atoms with Gasteiger partial charge in [0.2, 0.25) is 0 Å². The number of nitrogens with one attached hydrogen (secondary N) is 1. The van der Waals surface area contributed by atoms with Crippen LogP contribution in [0.3, 0.4) is 0 Å². The molecule has 0 spiro atoms. The summed E-state index contributed by atoms with van der Waals surface area (Å²) in [6, 6.07) is 20.6. The Labute approximate surface area is 166 Å². The Morgan fingerprint density at radius 3 is 2.29 bits per heavy atom. The zero-order valence-corrected chi connectivity index (χ0v) is 16.7. The van der Waals surface area contributed by atoms with E-state index in [1.807, 2.05) is 50.2 Å². The molecule has 2 heterocycles. The summed E-state index contributed by atoms with van der Waals surface area (Å²) in [4.78, 5) is 0. The lowest BCUT2D eigenvalue weighted by Crippen LogP contribution is -2.47. The van der Waals surface area contributed by atoms with E-state index >= 15 is 0 Å². The monoisotopic (exact) mass is 383 g/mol. The molecular formula is C23H29NO4. The zero-order valence-electron chi connectivity index (χ0n) is 16.7. The van der Waals surface area contributed by atoms with E-state index in [1.54, 1.807) is 0 Å². The first-order valence-electron chi connectivity index (χ1n) is 9.96. The number of ether oxygens (including phenoxy) is 4. The molecule has 5 heteroatoms. The highest BCUT2D eigenvalue weighted by molar-refractivity contribution is 5.15. The second kappa shape index (κ2) is 8.31. The molecule has 0 unspecified atom stereocenters. The lowest BCUT2D eigenvalue weighted by Gasteiger charge is -2.30. The molecular weight excluding hydrogens is 354 g/mol. The summed E-state index contributed by atoms with van der Waals surface area (Å²) in [5, 5.41) is 3.56. The molecule has 2 saturated heterocycles. The molecule has 5 nitrogen and oxygen atoms in total. The Hall–Kier alpha value is -1.76. The maximum atomic E-state index is 6.31. The van der Waals surface area contributed by atoms with E-state index in [4.69, 9.17) is 18.9 Å². The van der Waals surface area contributed by atoms with Gasteiger partial charge in [0.05, 0.1) is 6.61 Å². The number of hydrogen-bond donors (Lipinski definition) is 1. The van der Waals surface area contributed by atoms with Gasteiger partial charge < -0.3 is 24.3 Å². The standard InChI is InChI=1S/C23H29NO4/c1-16(24-14-17-10-6-4-7-11-17)19-20(25-15-18-12-8-5-9-13-18)21-22(26-19)28-23(2,3)27-21/h4-13,16,19-22,24H,14-15H2,1-3H3/t16-,19-,20+,21-,22-/m0/s1. The van der Waals surface area contributed by atoms with Crippen molar-refractivity contribution in [1.29, 1.82) is 0 Å². The minimum Gasteiger partial charge on any atom is -0.368 e. The molecule has 2 fully saturated rings. The van der Waals surface area contributed by atoms with Gasteiger partial charge in [-0.25, -0.2) is 0 Å². The molecule has 5 atom stereocenters. The van der Waals surface area contributed by atoms with Gasteiger partial charge in [0.1, 0.15) is 18.3 Å². The predicted octanol–water partition coefficient (Wildman–Crippen LogP) is 3.63. The Bertz CT molecular complexity index is 752. The van der Waals surface area contributed by atoms with Crippen molar-refractivity contribution in [3.63, 3.8) is 0 Å². The van der Waals surface area contributed by atoms with Crippen LogP contribution in [0.15, 0.2) is 60.7 Å². The van der Waals surface area contributed by atoms with Crippen LogP contribution in [0.1, 0.15) is 31.9 Å². The lowest BCUT2D eigenvalue weighted by atomic mass is 10.0. The van der Waals surface area contributed by atoms with Crippen LogP contribution < -0.4 is 5.32 Å². The van der Waals surface area contributed by atoms with Crippen molar-refractivity contribution in [2.75, 3.05) is 0 Å². The third-order valence-electron chi connectivity index (χ3n) is 5.28. The molecule has 150 valence electrons. The summed E-state index contributed by atoms with van der Waals surface area (Å²) in [5.41, 5.74) is 2.37. The Balaban J connectivity index is 1.43. The number of fused-ring (bicyclic) bond motifs is 1. The summed E-state index contributed by atoms with van der Waals surface area (Å²) in [6.07, 6.45) is -0.991. The lowest BCUT2D eigenvalue weighted by molar-refractivity contribution is -0.222. The van der Waals surface area contributed by atoms with E-state index in [1.165, 1.54) is 5.56 Å². The molecule has 0 aliphatic carbocycles. The topological polar surface area (TPSA) is 49.0 Å². The Morgan fingerprint density at radius 1 is 0.964 bits per heavy atom. The second-order valence-electron chi connectivity index (χ2n) is 7.99. The fourth-order valence-corrected chi connectivity index (χ4v) is 3.85. The Morgan fingerprint density at radius 2 is 1.61 bits per heavy atom. The van der Waals surface area contributed by atoms with E-state index in [0.29, 0.717) is 6.61 Å². The van der Waals surface area contributed by atoms with Crippen LogP contribution in [0.5, 0.6) is 0 Å². The fourth-order valence-electron chi connectivity index (χ4n) is 3.85. The van der Waals surface area contributed by atoms with E-state index in [-0.39, 0.29) is 24.4 Å². The molecule has 0 bridgehead atoms. The van der Waals surface area contributed by atoms with Gasteiger partial charge in [0.15, 0.2) is 12.1 Å². The maximum absolute atomic E-state index is 6.31. The summed E-state index contributed by atoms with van der Waals surface area (Å²) in [5.74, 6) is -0.657. The average molecular weight is 383 g/mol. The molecule has 2 aliphatic heterocycles. The third-order valence-corrected chi connectivity index (χ3v) is 5.28. The molecule has 0 amide bonds. The summed E-state index contributed by atoms with van der Waals surface area (Å²) in [6.45, 7) is 7.24. The summed E-state index contributed by atoms with van der Waals surface area (Å²) >= 11 is 0. The average Bonchev–Trinajstić information content (AvgIpc) is 3.18. The van der Waals surface area contributed by atoms with E-state index in [9.17, 15) is 0 Å². The molecule has 1 N–H and O–H groups in total. The minimum absolute atomic E-state index is 0.0851. The quantitative estimate of drug-likeness (QED) is 0.791. The second-order valence-corrected chi connectivity index (χ2v) is 7.99. The van der Waals surface area contributed by atoms with Crippen molar-refractivity contribution < 1.29 is 18.9 Å². The van der Waals surface area contributed by atoms with Crippen molar-refractivity contribution in [3.8, 4) is 0 Å². The molecule has 0 aromatic heterocycles. The van der Waals surface area contributed by atoms with E-state index in [2.05, 4.69) is 36.5 Å². The van der Waals surface area contributed by atoms with Crippen molar-refractivity contribution in [1.82, 2.24) is 5.32 Å². The van der Waals surface area contributed by atoms with Crippen LogP contribution >= 0.6 is 0 Å². The highest BCUT2D eigenvalue weighted by atomic mass is 16.8. The van der Waals surface area contributed by atoms with Crippen LogP contribution in [0.2, 0.25) is 0 Å². The van der Waals surface area contributed by atoms with Gasteiger partial charge in [-0.05, 0) is 31.9 Å². The highest BCUT2D eigenvalue weighted by Gasteiger charge is 2.56. The van der Waals surface area contributed by atoms with Gasteiger partial charge in [-0.3, -0.25) is 0 Å². The van der Waals surface area contributed by atoms with Crippen LogP contribution in [-0.2, 0) is 32.1 Å². The molecule has 2 aromatic rings. The normalized spacial score (nSPS) is 29.5. The van der Waals surface area contributed by atoms with Gasteiger partial charge in [-0.15, -0.1) is 0 Å². The zero-order chi connectivity index (χ0) is 19.6. The van der Waals surface area contributed by atoms with Crippen molar-refractivity contribution in [2.45, 2.75) is 70.4 Å². The first-order valence-corrected chi connectivity index (χ1v) is 9.96. The van der Waals surface area contributed by atoms with E-state index < -0.39 is 12.1 Å². The smallest absolute Gasteiger partial charge is 0.190 e. The van der Waals surface area contributed by atoms with Gasteiger partial charge in [0.25, 0.3) is 0 Å². The largest absolute Gasteiger partial charge is 0.368 e. The van der Waals surface area contributed by atoms with Crippen molar-refractivity contribution in [3.05, 3.63) is 71.8 Å². The molecule has 0 radical (unpaired) electrons. The van der Waals surface area contributed by atoms with Gasteiger partial charge in [-0.1, -0.05) is 60.7 Å².